The predicted octanol–water partition coefficient (Wildman–Crippen LogP) is 4.35. The van der Waals surface area contributed by atoms with Gasteiger partial charge in [0.15, 0.2) is 11.0 Å². The van der Waals surface area contributed by atoms with Crippen LogP contribution in [0.3, 0.4) is 0 Å². The SMILES string of the molecule is COc1ccccc1-c1nnc(Sc2ncnc3ccc(Br)cc23)n1C. The van der Waals surface area contributed by atoms with Gasteiger partial charge >= 0.3 is 0 Å². The van der Waals surface area contributed by atoms with Gasteiger partial charge in [0.1, 0.15) is 17.1 Å². The van der Waals surface area contributed by atoms with Crippen LogP contribution in [0.25, 0.3) is 22.3 Å². The summed E-state index contributed by atoms with van der Waals surface area (Å²) in [6.07, 6.45) is 1.57. The van der Waals surface area contributed by atoms with E-state index in [1.54, 1.807) is 13.4 Å². The molecule has 2 aromatic carbocycles. The highest BCUT2D eigenvalue weighted by Crippen LogP contribution is 2.34. The lowest BCUT2D eigenvalue weighted by Crippen LogP contribution is -1.97. The molecule has 0 N–H and O–H groups in total. The van der Waals surface area contributed by atoms with E-state index in [0.717, 1.165) is 42.7 Å². The summed E-state index contributed by atoms with van der Waals surface area (Å²) < 4.78 is 8.36. The number of methoxy groups -OCH3 is 1. The lowest BCUT2D eigenvalue weighted by Gasteiger charge is -2.08. The molecule has 4 rings (SSSR count). The third-order valence-corrected chi connectivity index (χ3v) is 5.48. The van der Waals surface area contributed by atoms with Crippen molar-refractivity contribution in [1.29, 1.82) is 0 Å². The van der Waals surface area contributed by atoms with Crippen LogP contribution in [-0.4, -0.2) is 31.8 Å². The lowest BCUT2D eigenvalue weighted by molar-refractivity contribution is 0.416. The summed E-state index contributed by atoms with van der Waals surface area (Å²) in [5.41, 5.74) is 1.78. The van der Waals surface area contributed by atoms with Crippen LogP contribution in [0.1, 0.15) is 0 Å². The molecule has 0 amide bonds. The second-order valence-electron chi connectivity index (χ2n) is 5.51. The van der Waals surface area contributed by atoms with E-state index in [-0.39, 0.29) is 0 Å². The number of hydrogen-bond acceptors (Lipinski definition) is 6. The van der Waals surface area contributed by atoms with E-state index in [1.807, 2.05) is 54.1 Å². The van der Waals surface area contributed by atoms with Crippen molar-refractivity contribution < 1.29 is 4.74 Å². The Bertz CT molecular complexity index is 1100. The molecule has 0 fully saturated rings. The fourth-order valence-corrected chi connectivity index (χ4v) is 3.85. The molecule has 6 nitrogen and oxygen atoms in total. The van der Waals surface area contributed by atoms with Crippen LogP contribution in [0.2, 0.25) is 0 Å². The monoisotopic (exact) mass is 427 g/mol. The Kier molecular flexibility index (Phi) is 4.60. The van der Waals surface area contributed by atoms with Crippen LogP contribution in [-0.2, 0) is 7.05 Å². The van der Waals surface area contributed by atoms with Crippen LogP contribution in [0.5, 0.6) is 5.75 Å². The maximum atomic E-state index is 5.44. The van der Waals surface area contributed by atoms with Crippen molar-refractivity contribution in [3.05, 3.63) is 53.3 Å². The minimum absolute atomic E-state index is 0.740. The Morgan fingerprint density at radius 2 is 1.92 bits per heavy atom. The quantitative estimate of drug-likeness (QED) is 0.451. The van der Waals surface area contributed by atoms with Crippen molar-refractivity contribution >= 4 is 38.6 Å². The normalized spacial score (nSPS) is 11.0. The van der Waals surface area contributed by atoms with Gasteiger partial charge in [0.05, 0.1) is 18.2 Å². The molecule has 0 radical (unpaired) electrons. The molecule has 4 aromatic rings. The zero-order valence-corrected chi connectivity index (χ0v) is 16.5. The Hall–Kier alpha value is -2.45. The number of aromatic nitrogens is 5. The van der Waals surface area contributed by atoms with Gasteiger partial charge in [0, 0.05) is 16.9 Å². The summed E-state index contributed by atoms with van der Waals surface area (Å²) >= 11 is 4.96. The molecule has 130 valence electrons. The molecule has 0 saturated carbocycles. The predicted molar refractivity (Wildman–Crippen MR) is 104 cm³/mol. The van der Waals surface area contributed by atoms with Gasteiger partial charge < -0.3 is 9.30 Å². The van der Waals surface area contributed by atoms with Gasteiger partial charge in [-0.15, -0.1) is 10.2 Å². The number of hydrogen-bond donors (Lipinski definition) is 0. The Morgan fingerprint density at radius 3 is 2.77 bits per heavy atom. The topological polar surface area (TPSA) is 65.7 Å². The summed E-state index contributed by atoms with van der Waals surface area (Å²) in [6, 6.07) is 13.7. The molecule has 0 aliphatic carbocycles. The highest BCUT2D eigenvalue weighted by atomic mass is 79.9. The standard InChI is InChI=1S/C18H14BrN5OS/c1-24-16(12-5-3-4-6-15(12)25-2)22-23-18(24)26-17-13-9-11(19)7-8-14(13)20-10-21-17/h3-10H,1-2H3. The molecule has 26 heavy (non-hydrogen) atoms. The summed E-state index contributed by atoms with van der Waals surface area (Å²) in [5, 5.41) is 11.2. The maximum Gasteiger partial charge on any atom is 0.197 e. The fourth-order valence-electron chi connectivity index (χ4n) is 2.64. The summed E-state index contributed by atoms with van der Waals surface area (Å²) in [5.74, 6) is 1.50. The van der Waals surface area contributed by atoms with Crippen LogP contribution in [0, 0.1) is 0 Å². The van der Waals surface area contributed by atoms with Crippen molar-refractivity contribution in [2.45, 2.75) is 10.2 Å². The number of nitrogens with zero attached hydrogens (tertiary/aromatic N) is 5. The van der Waals surface area contributed by atoms with E-state index in [0.29, 0.717) is 0 Å². The van der Waals surface area contributed by atoms with E-state index in [4.69, 9.17) is 4.74 Å². The van der Waals surface area contributed by atoms with Crippen molar-refractivity contribution in [3.8, 4) is 17.1 Å². The van der Waals surface area contributed by atoms with E-state index in [2.05, 4.69) is 36.1 Å². The van der Waals surface area contributed by atoms with Crippen LogP contribution >= 0.6 is 27.7 Å². The summed E-state index contributed by atoms with van der Waals surface area (Å²) in [7, 11) is 3.58. The van der Waals surface area contributed by atoms with Crippen molar-refractivity contribution in [3.63, 3.8) is 0 Å². The Balaban J connectivity index is 1.75. The van der Waals surface area contributed by atoms with Crippen LogP contribution < -0.4 is 4.74 Å². The van der Waals surface area contributed by atoms with Crippen LogP contribution in [0.15, 0.2) is 63.4 Å². The molecule has 0 unspecified atom stereocenters. The minimum Gasteiger partial charge on any atom is -0.496 e. The highest BCUT2D eigenvalue weighted by molar-refractivity contribution is 9.10. The van der Waals surface area contributed by atoms with Gasteiger partial charge in [-0.25, -0.2) is 9.97 Å². The summed E-state index contributed by atoms with van der Waals surface area (Å²) in [4.78, 5) is 8.74. The maximum absolute atomic E-state index is 5.44. The highest BCUT2D eigenvalue weighted by Gasteiger charge is 2.17. The third kappa shape index (κ3) is 3.06. The molecule has 0 aliphatic rings. The molecule has 8 heteroatoms. The second-order valence-corrected chi connectivity index (χ2v) is 7.38. The third-order valence-electron chi connectivity index (χ3n) is 3.93. The van der Waals surface area contributed by atoms with Crippen molar-refractivity contribution in [2.75, 3.05) is 7.11 Å². The van der Waals surface area contributed by atoms with Crippen molar-refractivity contribution in [2.24, 2.45) is 7.05 Å². The smallest absolute Gasteiger partial charge is 0.197 e. The molecule has 2 heterocycles. The van der Waals surface area contributed by atoms with Crippen LogP contribution in [0.4, 0.5) is 0 Å². The zero-order chi connectivity index (χ0) is 18.1. The number of fused-ring (bicyclic) bond motifs is 1. The van der Waals surface area contributed by atoms with E-state index < -0.39 is 0 Å². The Labute approximate surface area is 162 Å². The molecule has 0 bridgehead atoms. The number of para-hydroxylation sites is 1. The first-order chi connectivity index (χ1) is 12.7. The van der Waals surface area contributed by atoms with Gasteiger partial charge in [0.2, 0.25) is 0 Å². The van der Waals surface area contributed by atoms with E-state index in [1.165, 1.54) is 11.8 Å². The molecular weight excluding hydrogens is 414 g/mol. The minimum atomic E-state index is 0.740. The molecule has 0 saturated heterocycles. The molecule has 0 atom stereocenters. The van der Waals surface area contributed by atoms with Gasteiger partial charge in [-0.2, -0.15) is 0 Å². The number of rotatable bonds is 4. The van der Waals surface area contributed by atoms with E-state index in [9.17, 15) is 0 Å². The Morgan fingerprint density at radius 1 is 1.08 bits per heavy atom. The van der Waals surface area contributed by atoms with Gasteiger partial charge in [-0.1, -0.05) is 28.1 Å². The molecule has 2 aromatic heterocycles. The van der Waals surface area contributed by atoms with Gasteiger partial charge in [-0.05, 0) is 42.1 Å². The second kappa shape index (κ2) is 7.05. The fraction of sp³-hybridized carbons (Fsp3) is 0.111. The first-order valence-corrected chi connectivity index (χ1v) is 9.39. The summed E-state index contributed by atoms with van der Waals surface area (Å²) in [6.45, 7) is 0. The lowest BCUT2D eigenvalue weighted by atomic mass is 10.2. The average Bonchev–Trinajstić information content (AvgIpc) is 3.02. The number of benzene rings is 2. The number of ether oxygens (including phenoxy) is 1. The van der Waals surface area contributed by atoms with E-state index >= 15 is 0 Å². The average molecular weight is 428 g/mol. The molecule has 0 spiro atoms. The van der Waals surface area contributed by atoms with Gasteiger partial charge in [-0.3, -0.25) is 0 Å². The van der Waals surface area contributed by atoms with Crippen molar-refractivity contribution in [1.82, 2.24) is 24.7 Å². The first-order valence-electron chi connectivity index (χ1n) is 7.78. The first kappa shape index (κ1) is 17.0. The molecule has 0 aliphatic heterocycles. The molecular formula is C18H14BrN5OS. The number of halogens is 1. The van der Waals surface area contributed by atoms with Gasteiger partial charge in [0.25, 0.3) is 0 Å². The largest absolute Gasteiger partial charge is 0.496 e. The zero-order valence-electron chi connectivity index (χ0n) is 14.0.